The summed E-state index contributed by atoms with van der Waals surface area (Å²) >= 11 is 0. The molecule has 0 bridgehead atoms. The van der Waals surface area contributed by atoms with Crippen LogP contribution in [0.15, 0.2) is 23.1 Å². The van der Waals surface area contributed by atoms with E-state index in [2.05, 4.69) is 26.0 Å². The minimum absolute atomic E-state index is 0.171. The van der Waals surface area contributed by atoms with Crippen molar-refractivity contribution in [3.8, 4) is 0 Å². The van der Waals surface area contributed by atoms with E-state index < -0.39 is 0 Å². The molecule has 0 rings (SSSR count). The number of rotatable bonds is 3. The van der Waals surface area contributed by atoms with Crippen LogP contribution in [0.3, 0.4) is 0 Å². The molecule has 0 spiro atoms. The van der Waals surface area contributed by atoms with Gasteiger partial charge in [-0.15, -0.1) is 0 Å². The highest BCUT2D eigenvalue weighted by molar-refractivity contribution is 6.67. The largest absolute Gasteiger partial charge is 0.430 e. The zero-order valence-electron chi connectivity index (χ0n) is 8.14. The van der Waals surface area contributed by atoms with E-state index in [1.807, 2.05) is 13.8 Å². The van der Waals surface area contributed by atoms with Crippen LogP contribution in [-0.4, -0.2) is 14.0 Å². The van der Waals surface area contributed by atoms with Crippen molar-refractivity contribution in [1.29, 1.82) is 0 Å². The predicted octanol–water partition coefficient (Wildman–Crippen LogP) is 2.64. The third-order valence-corrected chi connectivity index (χ3v) is 1.97. The summed E-state index contributed by atoms with van der Waals surface area (Å²) in [6.07, 6.45) is 4.17. The second-order valence-corrected chi connectivity index (χ2v) is 2.68. The Kier molecular flexibility index (Phi) is 4.96. The van der Waals surface area contributed by atoms with Gasteiger partial charge in [0.1, 0.15) is 0 Å². The van der Waals surface area contributed by atoms with Crippen LogP contribution in [0.25, 0.3) is 0 Å². The molecule has 0 fully saturated rings. The summed E-state index contributed by atoms with van der Waals surface area (Å²) in [4.78, 5) is 0. The monoisotopic (exact) mass is 152 g/mol. The first-order valence-corrected chi connectivity index (χ1v) is 3.95. The van der Waals surface area contributed by atoms with Crippen LogP contribution in [0.2, 0.25) is 0 Å². The summed E-state index contributed by atoms with van der Waals surface area (Å²) in [6, 6.07) is 0. The summed E-state index contributed by atoms with van der Waals surface area (Å²) in [6.45, 7) is 8.40. The Hall–Kier alpha value is -0.495. The van der Waals surface area contributed by atoms with Crippen molar-refractivity contribution >= 4 is 6.92 Å². The summed E-state index contributed by atoms with van der Waals surface area (Å²) < 4.78 is 5.32. The van der Waals surface area contributed by atoms with Crippen molar-refractivity contribution in [3.63, 3.8) is 0 Å². The van der Waals surface area contributed by atoms with Gasteiger partial charge in [-0.05, 0) is 27.7 Å². The summed E-state index contributed by atoms with van der Waals surface area (Å²) in [5, 5.41) is 0. The van der Waals surface area contributed by atoms with E-state index in [4.69, 9.17) is 4.65 Å². The maximum Gasteiger partial charge on any atom is 0.351 e. The lowest BCUT2D eigenvalue weighted by atomic mass is 9.55. The lowest BCUT2D eigenvalue weighted by Gasteiger charge is -2.11. The minimum Gasteiger partial charge on any atom is -0.430 e. The molecule has 1 nitrogen and oxygen atoms in total. The molecular formula is C9H17BO. The van der Waals surface area contributed by atoms with Gasteiger partial charge in [0.05, 0.1) is 0 Å². The normalized spacial score (nSPS) is 13.5. The van der Waals surface area contributed by atoms with Gasteiger partial charge in [0.25, 0.3) is 0 Å². The molecular weight excluding hydrogens is 135 g/mol. The summed E-state index contributed by atoms with van der Waals surface area (Å²) in [7, 11) is 1.74. The average Bonchev–Trinajstić information content (AvgIpc) is 2.05. The first-order chi connectivity index (χ1) is 5.17. The fraction of sp³-hybridized carbons (Fsp3) is 0.556. The van der Waals surface area contributed by atoms with Crippen LogP contribution in [0.4, 0.5) is 0 Å². The fourth-order valence-corrected chi connectivity index (χ4v) is 1.03. The predicted molar refractivity (Wildman–Crippen MR) is 51.6 cm³/mol. The molecule has 0 radical (unpaired) electrons. The third-order valence-electron chi connectivity index (χ3n) is 1.97. The zero-order valence-corrected chi connectivity index (χ0v) is 8.14. The maximum atomic E-state index is 5.32. The molecule has 62 valence electrons. The highest BCUT2D eigenvalue weighted by Gasteiger charge is 2.16. The number of hydrogen-bond acceptors (Lipinski definition) is 1. The van der Waals surface area contributed by atoms with E-state index in [1.54, 1.807) is 7.11 Å². The van der Waals surface area contributed by atoms with E-state index in [0.29, 0.717) is 0 Å². The van der Waals surface area contributed by atoms with Gasteiger partial charge in [0.2, 0.25) is 0 Å². The second-order valence-electron chi connectivity index (χ2n) is 2.68. The van der Waals surface area contributed by atoms with Crippen molar-refractivity contribution in [3.05, 3.63) is 23.1 Å². The summed E-state index contributed by atoms with van der Waals surface area (Å²) in [5.41, 5.74) is 2.53. The van der Waals surface area contributed by atoms with Crippen molar-refractivity contribution in [2.75, 3.05) is 7.11 Å². The quantitative estimate of drug-likeness (QED) is 0.564. The van der Waals surface area contributed by atoms with Gasteiger partial charge < -0.3 is 4.65 Å². The molecule has 0 aliphatic carbocycles. The van der Waals surface area contributed by atoms with Crippen LogP contribution < -0.4 is 0 Å². The molecule has 0 aliphatic heterocycles. The molecule has 0 N–H and O–H groups in total. The average molecular weight is 152 g/mol. The van der Waals surface area contributed by atoms with E-state index in [-0.39, 0.29) is 6.92 Å². The molecule has 0 heterocycles. The Labute approximate surface area is 70.3 Å². The van der Waals surface area contributed by atoms with Crippen molar-refractivity contribution < 1.29 is 4.65 Å². The van der Waals surface area contributed by atoms with Crippen LogP contribution >= 0.6 is 0 Å². The van der Waals surface area contributed by atoms with Crippen LogP contribution in [0.1, 0.15) is 27.7 Å². The third kappa shape index (κ3) is 2.94. The molecule has 0 aliphatic rings. The Balaban J connectivity index is 4.41. The van der Waals surface area contributed by atoms with Crippen molar-refractivity contribution in [2.24, 2.45) is 0 Å². The van der Waals surface area contributed by atoms with Crippen LogP contribution in [-0.2, 0) is 4.65 Å². The smallest absolute Gasteiger partial charge is 0.351 e. The van der Waals surface area contributed by atoms with Gasteiger partial charge >= 0.3 is 6.92 Å². The molecule has 0 aromatic rings. The molecule has 11 heavy (non-hydrogen) atoms. The number of hydrogen-bond donors (Lipinski definition) is 0. The molecule has 2 heteroatoms. The first-order valence-electron chi connectivity index (χ1n) is 3.95. The minimum atomic E-state index is 0.171. The number of allylic oxidation sites excluding steroid dienone is 4. The highest BCUT2D eigenvalue weighted by atomic mass is 16.4. The van der Waals surface area contributed by atoms with Gasteiger partial charge in [-0.1, -0.05) is 23.1 Å². The molecule has 0 amide bonds. The standard InChI is InChI=1S/C9H17BO/c1-6-8(3)10(11-5)9(4)7-2/h6-7H,1-5H3. The first kappa shape index (κ1) is 10.5. The molecule has 0 atom stereocenters. The van der Waals surface area contributed by atoms with E-state index in [1.165, 1.54) is 10.9 Å². The Morgan fingerprint density at radius 1 is 1.09 bits per heavy atom. The lowest BCUT2D eigenvalue weighted by Crippen LogP contribution is -2.20. The lowest BCUT2D eigenvalue weighted by molar-refractivity contribution is 0.432. The van der Waals surface area contributed by atoms with Gasteiger partial charge in [-0.3, -0.25) is 0 Å². The molecule has 0 aromatic carbocycles. The highest BCUT2D eigenvalue weighted by Crippen LogP contribution is 2.09. The Morgan fingerprint density at radius 3 is 1.64 bits per heavy atom. The van der Waals surface area contributed by atoms with Crippen molar-refractivity contribution in [2.45, 2.75) is 27.7 Å². The van der Waals surface area contributed by atoms with Gasteiger partial charge in [0.15, 0.2) is 0 Å². The summed E-state index contributed by atoms with van der Waals surface area (Å²) in [5.74, 6) is 0. The maximum absolute atomic E-state index is 5.32. The van der Waals surface area contributed by atoms with E-state index >= 15 is 0 Å². The zero-order chi connectivity index (χ0) is 8.85. The topological polar surface area (TPSA) is 9.23 Å². The van der Waals surface area contributed by atoms with E-state index in [0.717, 1.165) is 0 Å². The fourth-order valence-electron chi connectivity index (χ4n) is 1.03. The van der Waals surface area contributed by atoms with Crippen molar-refractivity contribution in [1.82, 2.24) is 0 Å². The molecule has 0 saturated carbocycles. The second kappa shape index (κ2) is 5.19. The van der Waals surface area contributed by atoms with Gasteiger partial charge in [-0.2, -0.15) is 0 Å². The Morgan fingerprint density at radius 2 is 1.45 bits per heavy atom. The van der Waals surface area contributed by atoms with Gasteiger partial charge in [0, 0.05) is 7.11 Å². The van der Waals surface area contributed by atoms with E-state index in [9.17, 15) is 0 Å². The van der Waals surface area contributed by atoms with Gasteiger partial charge in [-0.25, -0.2) is 0 Å². The van der Waals surface area contributed by atoms with Crippen LogP contribution in [0.5, 0.6) is 0 Å². The molecule has 0 saturated heterocycles. The molecule has 0 aromatic heterocycles. The Bertz CT molecular complexity index is 152. The van der Waals surface area contributed by atoms with Crippen LogP contribution in [0, 0.1) is 0 Å². The SMILES string of the molecule is CC=C(C)B(OC)C(C)=CC. The molecule has 0 unspecified atom stereocenters.